The molecule has 1 atom stereocenters. The first kappa shape index (κ1) is 16.9. The molecule has 2 aromatic rings. The smallest absolute Gasteiger partial charge is 0.234 e. The Morgan fingerprint density at radius 3 is 2.88 bits per heavy atom. The van der Waals surface area contributed by atoms with Gasteiger partial charge in [-0.3, -0.25) is 9.69 Å². The van der Waals surface area contributed by atoms with Gasteiger partial charge >= 0.3 is 0 Å². The van der Waals surface area contributed by atoms with Gasteiger partial charge in [0.05, 0.1) is 6.54 Å². The average Bonchev–Trinajstić information content (AvgIpc) is 3.02. The van der Waals surface area contributed by atoms with Crippen molar-refractivity contribution in [3.05, 3.63) is 70.5 Å². The fourth-order valence-electron chi connectivity index (χ4n) is 3.18. The standard InChI is InChI=1S/C19H20ClFN2O/c20-16-7-3-6-14(11-16)18-9-4-10-23(18)13-19(24)22-12-15-5-1-2-8-17(15)21/h1-3,5-8,11,18H,4,9-10,12-13H2,(H,22,24). The average molecular weight is 347 g/mol. The van der Waals surface area contributed by atoms with Crippen molar-refractivity contribution >= 4 is 17.5 Å². The molecule has 0 bridgehead atoms. The van der Waals surface area contributed by atoms with Crippen LogP contribution in [0.3, 0.4) is 0 Å². The van der Waals surface area contributed by atoms with Crippen LogP contribution in [-0.4, -0.2) is 23.9 Å². The highest BCUT2D eigenvalue weighted by Gasteiger charge is 2.27. The third-order valence-electron chi connectivity index (χ3n) is 4.38. The Labute approximate surface area is 146 Å². The first-order chi connectivity index (χ1) is 11.6. The minimum Gasteiger partial charge on any atom is -0.351 e. The zero-order valence-corrected chi connectivity index (χ0v) is 14.1. The zero-order chi connectivity index (χ0) is 16.9. The summed E-state index contributed by atoms with van der Waals surface area (Å²) in [6.45, 7) is 1.40. The minimum atomic E-state index is -0.296. The van der Waals surface area contributed by atoms with E-state index in [0.29, 0.717) is 17.1 Å². The molecule has 0 aromatic heterocycles. The monoisotopic (exact) mass is 346 g/mol. The third-order valence-corrected chi connectivity index (χ3v) is 4.61. The molecular weight excluding hydrogens is 327 g/mol. The van der Waals surface area contributed by atoms with E-state index in [1.54, 1.807) is 18.2 Å². The number of hydrogen-bond donors (Lipinski definition) is 1. The van der Waals surface area contributed by atoms with Crippen molar-refractivity contribution in [3.63, 3.8) is 0 Å². The summed E-state index contributed by atoms with van der Waals surface area (Å²) < 4.78 is 13.6. The quantitative estimate of drug-likeness (QED) is 0.889. The molecule has 126 valence electrons. The van der Waals surface area contributed by atoms with Crippen LogP contribution in [0.5, 0.6) is 0 Å². The van der Waals surface area contributed by atoms with Crippen LogP contribution >= 0.6 is 11.6 Å². The molecule has 1 unspecified atom stereocenters. The van der Waals surface area contributed by atoms with Gasteiger partial charge in [-0.1, -0.05) is 41.9 Å². The maximum absolute atomic E-state index is 13.6. The lowest BCUT2D eigenvalue weighted by Gasteiger charge is -2.24. The molecular formula is C19H20ClFN2O. The number of amides is 1. The predicted molar refractivity (Wildman–Crippen MR) is 93.2 cm³/mol. The van der Waals surface area contributed by atoms with Crippen LogP contribution in [0.4, 0.5) is 4.39 Å². The first-order valence-electron chi connectivity index (χ1n) is 8.13. The molecule has 0 radical (unpaired) electrons. The molecule has 24 heavy (non-hydrogen) atoms. The molecule has 0 aliphatic carbocycles. The fraction of sp³-hybridized carbons (Fsp3) is 0.316. The highest BCUT2D eigenvalue weighted by Crippen LogP contribution is 2.32. The molecule has 1 amide bonds. The molecule has 1 heterocycles. The third kappa shape index (κ3) is 4.13. The molecule has 1 saturated heterocycles. The fourth-order valence-corrected chi connectivity index (χ4v) is 3.38. The SMILES string of the molecule is O=C(CN1CCCC1c1cccc(Cl)c1)NCc1ccccc1F. The molecule has 2 aromatic carbocycles. The maximum Gasteiger partial charge on any atom is 0.234 e. The summed E-state index contributed by atoms with van der Waals surface area (Å²) in [4.78, 5) is 14.4. The maximum atomic E-state index is 13.6. The van der Waals surface area contributed by atoms with Gasteiger partial charge in [0.1, 0.15) is 5.82 Å². The van der Waals surface area contributed by atoms with Gasteiger partial charge in [-0.15, -0.1) is 0 Å². The van der Waals surface area contributed by atoms with Crippen molar-refractivity contribution in [3.8, 4) is 0 Å². The number of benzene rings is 2. The van der Waals surface area contributed by atoms with Crippen LogP contribution in [0.25, 0.3) is 0 Å². The van der Waals surface area contributed by atoms with E-state index >= 15 is 0 Å². The van der Waals surface area contributed by atoms with E-state index in [9.17, 15) is 9.18 Å². The summed E-state index contributed by atoms with van der Waals surface area (Å²) in [6.07, 6.45) is 2.07. The molecule has 3 rings (SSSR count). The van der Waals surface area contributed by atoms with Crippen LogP contribution in [-0.2, 0) is 11.3 Å². The van der Waals surface area contributed by atoms with Crippen molar-refractivity contribution in [1.29, 1.82) is 0 Å². The number of carbonyl (C=O) groups excluding carboxylic acids is 1. The number of nitrogens with one attached hydrogen (secondary N) is 1. The molecule has 5 heteroatoms. The molecule has 0 spiro atoms. The summed E-state index contributed by atoms with van der Waals surface area (Å²) in [5.41, 5.74) is 1.64. The van der Waals surface area contributed by atoms with Gasteiger partial charge in [-0.2, -0.15) is 0 Å². The van der Waals surface area contributed by atoms with Crippen molar-refractivity contribution in [2.45, 2.75) is 25.4 Å². The lowest BCUT2D eigenvalue weighted by atomic mass is 10.0. The van der Waals surface area contributed by atoms with Gasteiger partial charge < -0.3 is 5.32 Å². The summed E-state index contributed by atoms with van der Waals surface area (Å²) in [5.74, 6) is -0.386. The number of likely N-dealkylation sites (tertiary alicyclic amines) is 1. The lowest BCUT2D eigenvalue weighted by molar-refractivity contribution is -0.122. The van der Waals surface area contributed by atoms with E-state index in [1.165, 1.54) is 6.07 Å². The Kier molecular flexibility index (Phi) is 5.48. The van der Waals surface area contributed by atoms with Crippen LogP contribution < -0.4 is 5.32 Å². The minimum absolute atomic E-state index is 0.0906. The summed E-state index contributed by atoms with van der Waals surface area (Å²) in [5, 5.41) is 3.51. The van der Waals surface area contributed by atoms with E-state index in [1.807, 2.05) is 24.3 Å². The topological polar surface area (TPSA) is 32.3 Å². The largest absolute Gasteiger partial charge is 0.351 e. The predicted octanol–water partition coefficient (Wildman–Crippen LogP) is 3.93. The highest BCUT2D eigenvalue weighted by atomic mass is 35.5. The normalized spacial score (nSPS) is 17.8. The number of rotatable bonds is 5. The van der Waals surface area contributed by atoms with E-state index in [2.05, 4.69) is 10.2 Å². The second-order valence-electron chi connectivity index (χ2n) is 6.05. The van der Waals surface area contributed by atoms with Gasteiger partial charge in [-0.05, 0) is 43.1 Å². The second kappa shape index (κ2) is 7.77. The second-order valence-corrected chi connectivity index (χ2v) is 6.49. The van der Waals surface area contributed by atoms with Gasteiger partial charge in [0.25, 0.3) is 0 Å². The Morgan fingerprint density at radius 1 is 1.25 bits per heavy atom. The summed E-state index contributed by atoms with van der Waals surface area (Å²) in [6, 6.07) is 14.5. The Morgan fingerprint density at radius 2 is 2.08 bits per heavy atom. The van der Waals surface area contributed by atoms with Gasteiger partial charge in [0, 0.05) is 23.2 Å². The van der Waals surface area contributed by atoms with Gasteiger partial charge in [0.2, 0.25) is 5.91 Å². The van der Waals surface area contributed by atoms with Crippen molar-refractivity contribution in [1.82, 2.24) is 10.2 Å². The van der Waals surface area contributed by atoms with E-state index < -0.39 is 0 Å². The summed E-state index contributed by atoms with van der Waals surface area (Å²) in [7, 11) is 0. The Balaban J connectivity index is 1.58. The van der Waals surface area contributed by atoms with Crippen LogP contribution in [0.2, 0.25) is 5.02 Å². The first-order valence-corrected chi connectivity index (χ1v) is 8.51. The van der Waals surface area contributed by atoms with Gasteiger partial charge in [-0.25, -0.2) is 4.39 Å². The zero-order valence-electron chi connectivity index (χ0n) is 13.3. The number of hydrogen-bond acceptors (Lipinski definition) is 2. The van der Waals surface area contributed by atoms with Crippen LogP contribution in [0.15, 0.2) is 48.5 Å². The molecule has 1 aliphatic heterocycles. The molecule has 1 fully saturated rings. The van der Waals surface area contributed by atoms with E-state index in [0.717, 1.165) is 24.9 Å². The highest BCUT2D eigenvalue weighted by molar-refractivity contribution is 6.30. The van der Waals surface area contributed by atoms with Crippen molar-refractivity contribution in [2.75, 3.05) is 13.1 Å². The summed E-state index contributed by atoms with van der Waals surface area (Å²) >= 11 is 6.08. The molecule has 1 N–H and O–H groups in total. The molecule has 1 aliphatic rings. The number of halogens is 2. The van der Waals surface area contributed by atoms with Crippen LogP contribution in [0, 0.1) is 5.82 Å². The van der Waals surface area contributed by atoms with Crippen LogP contribution in [0.1, 0.15) is 30.0 Å². The molecule has 0 saturated carbocycles. The number of carbonyl (C=O) groups is 1. The van der Waals surface area contributed by atoms with Crippen molar-refractivity contribution < 1.29 is 9.18 Å². The van der Waals surface area contributed by atoms with Crippen molar-refractivity contribution in [2.24, 2.45) is 0 Å². The van der Waals surface area contributed by atoms with E-state index in [4.69, 9.17) is 11.6 Å². The van der Waals surface area contributed by atoms with E-state index in [-0.39, 0.29) is 24.3 Å². The Bertz CT molecular complexity index is 722. The molecule has 3 nitrogen and oxygen atoms in total. The van der Waals surface area contributed by atoms with Gasteiger partial charge in [0.15, 0.2) is 0 Å². The number of nitrogens with zero attached hydrogens (tertiary/aromatic N) is 1. The lowest BCUT2D eigenvalue weighted by Crippen LogP contribution is -2.36. The Hall–Kier alpha value is -1.91.